The summed E-state index contributed by atoms with van der Waals surface area (Å²) in [6.07, 6.45) is 7.74. The molecular weight excluding hydrogens is 256 g/mol. The number of urea groups is 1. The molecular formula is C14H24N4O2. The Morgan fingerprint density at radius 2 is 2.45 bits per heavy atom. The van der Waals surface area contributed by atoms with Crippen molar-refractivity contribution < 1.29 is 9.53 Å². The first-order valence-corrected chi connectivity index (χ1v) is 7.35. The maximum atomic E-state index is 12.3. The molecule has 1 aliphatic rings. The summed E-state index contributed by atoms with van der Waals surface area (Å²) >= 11 is 0. The molecule has 2 heterocycles. The van der Waals surface area contributed by atoms with Crippen molar-refractivity contribution in [3.05, 3.63) is 12.4 Å². The van der Waals surface area contributed by atoms with Crippen molar-refractivity contribution in [2.75, 3.05) is 18.5 Å². The molecule has 6 heteroatoms. The monoisotopic (exact) mass is 280 g/mol. The third-order valence-corrected chi connectivity index (χ3v) is 3.54. The van der Waals surface area contributed by atoms with Crippen LogP contribution in [0.5, 0.6) is 0 Å². The summed E-state index contributed by atoms with van der Waals surface area (Å²) in [7, 11) is 0. The van der Waals surface area contributed by atoms with E-state index in [9.17, 15) is 4.79 Å². The summed E-state index contributed by atoms with van der Waals surface area (Å²) in [6, 6.07) is 0.232. The molecule has 2 N–H and O–H groups in total. The first kappa shape index (κ1) is 14.8. The van der Waals surface area contributed by atoms with Crippen LogP contribution in [0.4, 0.5) is 10.5 Å². The molecule has 1 aliphatic heterocycles. The highest BCUT2D eigenvalue weighted by Gasteiger charge is 2.26. The van der Waals surface area contributed by atoms with Gasteiger partial charge >= 0.3 is 6.03 Å². The van der Waals surface area contributed by atoms with E-state index >= 15 is 0 Å². The summed E-state index contributed by atoms with van der Waals surface area (Å²) in [5.74, 6) is 0. The Morgan fingerprint density at radius 3 is 3.15 bits per heavy atom. The molecule has 1 saturated heterocycles. The smallest absolute Gasteiger partial charge is 0.322 e. The highest BCUT2D eigenvalue weighted by Crippen LogP contribution is 2.21. The molecule has 0 radical (unpaired) electrons. The molecule has 20 heavy (non-hydrogen) atoms. The number of anilines is 1. The molecule has 0 spiro atoms. The third-order valence-electron chi connectivity index (χ3n) is 3.54. The molecule has 0 unspecified atom stereocenters. The van der Waals surface area contributed by atoms with E-state index in [-0.39, 0.29) is 18.2 Å². The van der Waals surface area contributed by atoms with Crippen LogP contribution in [-0.2, 0) is 4.74 Å². The lowest BCUT2D eigenvalue weighted by Crippen LogP contribution is -2.46. The number of amides is 2. The van der Waals surface area contributed by atoms with E-state index in [1.54, 1.807) is 12.4 Å². The van der Waals surface area contributed by atoms with E-state index in [0.717, 1.165) is 25.8 Å². The average molecular weight is 280 g/mol. The molecule has 2 rings (SSSR count). The van der Waals surface area contributed by atoms with Gasteiger partial charge in [-0.05, 0) is 39.5 Å². The second-order valence-electron chi connectivity index (χ2n) is 5.47. The van der Waals surface area contributed by atoms with Gasteiger partial charge in [-0.2, -0.15) is 5.10 Å². The molecule has 0 aliphatic carbocycles. The SMILES string of the molecule is CC(C)OCC[C@@H]1CCCCN1C(=O)Nc1cn[nH]c1. The molecule has 112 valence electrons. The van der Waals surface area contributed by atoms with Crippen molar-refractivity contribution in [1.82, 2.24) is 15.1 Å². The number of aromatic nitrogens is 2. The maximum Gasteiger partial charge on any atom is 0.322 e. The van der Waals surface area contributed by atoms with Gasteiger partial charge in [0.1, 0.15) is 0 Å². The van der Waals surface area contributed by atoms with Gasteiger partial charge in [0.2, 0.25) is 0 Å². The zero-order valence-electron chi connectivity index (χ0n) is 12.3. The first-order chi connectivity index (χ1) is 9.66. The summed E-state index contributed by atoms with van der Waals surface area (Å²) in [5, 5.41) is 9.40. The molecule has 1 aromatic rings. The van der Waals surface area contributed by atoms with Crippen molar-refractivity contribution in [3.8, 4) is 0 Å². The highest BCUT2D eigenvalue weighted by molar-refractivity contribution is 5.89. The quantitative estimate of drug-likeness (QED) is 0.871. The van der Waals surface area contributed by atoms with Crippen LogP contribution < -0.4 is 5.32 Å². The van der Waals surface area contributed by atoms with Gasteiger partial charge in [0.05, 0.1) is 18.0 Å². The molecule has 2 amide bonds. The number of rotatable bonds is 5. The van der Waals surface area contributed by atoms with Crippen LogP contribution in [0.1, 0.15) is 39.5 Å². The summed E-state index contributed by atoms with van der Waals surface area (Å²) < 4.78 is 5.61. The van der Waals surface area contributed by atoms with Crippen molar-refractivity contribution in [2.45, 2.75) is 51.7 Å². The molecule has 0 aromatic carbocycles. The number of H-pyrrole nitrogens is 1. The molecule has 1 atom stereocenters. The summed E-state index contributed by atoms with van der Waals surface area (Å²) in [6.45, 7) is 5.59. The Morgan fingerprint density at radius 1 is 1.60 bits per heavy atom. The number of hydrogen-bond donors (Lipinski definition) is 2. The number of aromatic amines is 1. The van der Waals surface area contributed by atoms with Gasteiger partial charge in [-0.15, -0.1) is 0 Å². The van der Waals surface area contributed by atoms with Crippen LogP contribution in [0.3, 0.4) is 0 Å². The van der Waals surface area contributed by atoms with Gasteiger partial charge in [0, 0.05) is 25.4 Å². The molecule has 1 fully saturated rings. The average Bonchev–Trinajstić information content (AvgIpc) is 2.91. The van der Waals surface area contributed by atoms with Gasteiger partial charge in [0.15, 0.2) is 0 Å². The second kappa shape index (κ2) is 7.28. The maximum absolute atomic E-state index is 12.3. The lowest BCUT2D eigenvalue weighted by Gasteiger charge is -2.35. The fourth-order valence-electron chi connectivity index (χ4n) is 2.52. The second-order valence-corrected chi connectivity index (χ2v) is 5.47. The topological polar surface area (TPSA) is 70.2 Å². The van der Waals surface area contributed by atoms with Crippen LogP contribution in [-0.4, -0.2) is 46.4 Å². The van der Waals surface area contributed by atoms with Gasteiger partial charge < -0.3 is 15.0 Å². The number of nitrogens with zero attached hydrogens (tertiary/aromatic N) is 2. The van der Waals surface area contributed by atoms with Crippen molar-refractivity contribution in [2.24, 2.45) is 0 Å². The first-order valence-electron chi connectivity index (χ1n) is 7.35. The number of ether oxygens (including phenoxy) is 1. The Hall–Kier alpha value is -1.56. The van der Waals surface area contributed by atoms with Crippen molar-refractivity contribution in [3.63, 3.8) is 0 Å². The van der Waals surface area contributed by atoms with Crippen molar-refractivity contribution in [1.29, 1.82) is 0 Å². The van der Waals surface area contributed by atoms with Crippen LogP contribution in [0, 0.1) is 0 Å². The van der Waals surface area contributed by atoms with Gasteiger partial charge in [-0.25, -0.2) is 4.79 Å². The van der Waals surface area contributed by atoms with E-state index in [4.69, 9.17) is 4.74 Å². The van der Waals surface area contributed by atoms with Crippen LogP contribution in [0.15, 0.2) is 12.4 Å². The van der Waals surface area contributed by atoms with Crippen LogP contribution in [0.25, 0.3) is 0 Å². The van der Waals surface area contributed by atoms with Gasteiger partial charge in [-0.1, -0.05) is 0 Å². The summed E-state index contributed by atoms with van der Waals surface area (Å²) in [4.78, 5) is 14.2. The molecule has 0 bridgehead atoms. The number of carbonyl (C=O) groups is 1. The zero-order valence-corrected chi connectivity index (χ0v) is 12.3. The number of nitrogens with one attached hydrogen (secondary N) is 2. The number of likely N-dealkylation sites (tertiary alicyclic amines) is 1. The fourth-order valence-corrected chi connectivity index (χ4v) is 2.52. The predicted molar refractivity (Wildman–Crippen MR) is 77.7 cm³/mol. The summed E-state index contributed by atoms with van der Waals surface area (Å²) in [5.41, 5.74) is 0.706. The van der Waals surface area contributed by atoms with Gasteiger partial charge in [0.25, 0.3) is 0 Å². The Kier molecular flexibility index (Phi) is 5.40. The van der Waals surface area contributed by atoms with E-state index in [2.05, 4.69) is 15.5 Å². The van der Waals surface area contributed by atoms with Gasteiger partial charge in [-0.3, -0.25) is 5.10 Å². The Balaban J connectivity index is 1.87. The minimum atomic E-state index is -0.0411. The number of piperidine rings is 1. The number of hydrogen-bond acceptors (Lipinski definition) is 3. The highest BCUT2D eigenvalue weighted by atomic mass is 16.5. The minimum Gasteiger partial charge on any atom is -0.379 e. The molecule has 1 aromatic heterocycles. The number of carbonyl (C=O) groups excluding carboxylic acids is 1. The van der Waals surface area contributed by atoms with E-state index in [0.29, 0.717) is 12.3 Å². The van der Waals surface area contributed by atoms with Crippen LogP contribution in [0.2, 0.25) is 0 Å². The van der Waals surface area contributed by atoms with E-state index in [1.807, 2.05) is 18.7 Å². The van der Waals surface area contributed by atoms with E-state index in [1.165, 1.54) is 6.42 Å². The molecule has 0 saturated carbocycles. The zero-order chi connectivity index (χ0) is 14.4. The van der Waals surface area contributed by atoms with Crippen molar-refractivity contribution >= 4 is 11.7 Å². The molecule has 6 nitrogen and oxygen atoms in total. The standard InChI is InChI=1S/C14H24N4O2/c1-11(2)20-8-6-13-5-3-4-7-18(13)14(19)17-12-9-15-16-10-12/h9-11,13H,3-8H2,1-2H3,(H,15,16)(H,17,19)/t13-/m0/s1. The predicted octanol–water partition coefficient (Wildman–Crippen LogP) is 2.61. The fraction of sp³-hybridized carbons (Fsp3) is 0.714. The third kappa shape index (κ3) is 4.23. The lowest BCUT2D eigenvalue weighted by molar-refractivity contribution is 0.0566. The lowest BCUT2D eigenvalue weighted by atomic mass is 10.00. The largest absolute Gasteiger partial charge is 0.379 e. The Labute approximate surface area is 119 Å². The Bertz CT molecular complexity index is 405. The van der Waals surface area contributed by atoms with E-state index < -0.39 is 0 Å². The minimum absolute atomic E-state index is 0.0411. The van der Waals surface area contributed by atoms with Crippen LogP contribution >= 0.6 is 0 Å². The normalized spacial score (nSPS) is 19.4.